The zero-order chi connectivity index (χ0) is 10.2. The molecule has 1 aromatic rings. The van der Waals surface area contributed by atoms with E-state index in [4.69, 9.17) is 5.73 Å². The summed E-state index contributed by atoms with van der Waals surface area (Å²) in [4.78, 5) is 0. The molecule has 0 aliphatic carbocycles. The van der Waals surface area contributed by atoms with Crippen LogP contribution in [0.15, 0.2) is 16.6 Å². The highest BCUT2D eigenvalue weighted by molar-refractivity contribution is 9.10. The first-order chi connectivity index (χ1) is 5.82. The molecule has 0 saturated heterocycles. The molecule has 0 amide bonds. The SMILES string of the molecule is CC(C)(N)c1cc(F)c(F)cc1Br. The predicted molar refractivity (Wildman–Crippen MR) is 51.3 cm³/mol. The maximum Gasteiger partial charge on any atom is 0.159 e. The van der Waals surface area contributed by atoms with Gasteiger partial charge in [-0.15, -0.1) is 0 Å². The molecule has 72 valence electrons. The van der Waals surface area contributed by atoms with Gasteiger partial charge in [-0.1, -0.05) is 15.9 Å². The molecule has 0 radical (unpaired) electrons. The van der Waals surface area contributed by atoms with Gasteiger partial charge in [-0.3, -0.25) is 0 Å². The number of hydrogen-bond donors (Lipinski definition) is 1. The second kappa shape index (κ2) is 3.35. The van der Waals surface area contributed by atoms with Crippen LogP contribution in [0.25, 0.3) is 0 Å². The summed E-state index contributed by atoms with van der Waals surface area (Å²) in [5.74, 6) is -1.75. The number of hydrogen-bond acceptors (Lipinski definition) is 1. The van der Waals surface area contributed by atoms with Crippen molar-refractivity contribution in [1.29, 1.82) is 0 Å². The van der Waals surface area contributed by atoms with Gasteiger partial charge in [-0.05, 0) is 31.5 Å². The van der Waals surface area contributed by atoms with Gasteiger partial charge in [0.25, 0.3) is 0 Å². The van der Waals surface area contributed by atoms with E-state index in [0.29, 0.717) is 10.0 Å². The van der Waals surface area contributed by atoms with Crippen LogP contribution in [-0.4, -0.2) is 0 Å². The monoisotopic (exact) mass is 249 g/mol. The lowest BCUT2D eigenvalue weighted by molar-refractivity contribution is 0.492. The van der Waals surface area contributed by atoms with Gasteiger partial charge >= 0.3 is 0 Å². The molecular formula is C9H10BrF2N. The lowest BCUT2D eigenvalue weighted by Crippen LogP contribution is -2.29. The Labute approximate surface area is 84.1 Å². The van der Waals surface area contributed by atoms with Crippen molar-refractivity contribution in [2.24, 2.45) is 5.73 Å². The molecule has 0 aliphatic heterocycles. The standard InChI is InChI=1S/C9H10BrF2N/c1-9(2,13)5-3-7(11)8(12)4-6(5)10/h3-4H,13H2,1-2H3. The first-order valence-corrected chi connectivity index (χ1v) is 4.55. The Kier molecular flexibility index (Phi) is 2.73. The number of halogens is 3. The van der Waals surface area contributed by atoms with Crippen LogP contribution in [0, 0.1) is 11.6 Å². The Morgan fingerprint density at radius 3 is 2.15 bits per heavy atom. The Hall–Kier alpha value is -0.480. The molecule has 0 saturated carbocycles. The van der Waals surface area contributed by atoms with Gasteiger partial charge in [0.2, 0.25) is 0 Å². The second-order valence-electron chi connectivity index (χ2n) is 3.47. The summed E-state index contributed by atoms with van der Waals surface area (Å²) >= 11 is 3.13. The van der Waals surface area contributed by atoms with Crippen LogP contribution >= 0.6 is 15.9 Å². The van der Waals surface area contributed by atoms with E-state index >= 15 is 0 Å². The molecule has 0 aliphatic rings. The van der Waals surface area contributed by atoms with Crippen LogP contribution in [0.4, 0.5) is 8.78 Å². The third kappa shape index (κ3) is 2.25. The molecule has 1 rings (SSSR count). The van der Waals surface area contributed by atoms with Crippen molar-refractivity contribution in [2.45, 2.75) is 19.4 Å². The summed E-state index contributed by atoms with van der Waals surface area (Å²) in [5, 5.41) is 0. The van der Waals surface area contributed by atoms with E-state index in [1.54, 1.807) is 13.8 Å². The molecular weight excluding hydrogens is 240 g/mol. The van der Waals surface area contributed by atoms with E-state index in [9.17, 15) is 8.78 Å². The third-order valence-electron chi connectivity index (χ3n) is 1.70. The second-order valence-corrected chi connectivity index (χ2v) is 4.32. The fourth-order valence-corrected chi connectivity index (χ4v) is 1.84. The lowest BCUT2D eigenvalue weighted by Gasteiger charge is -2.20. The van der Waals surface area contributed by atoms with Crippen molar-refractivity contribution in [2.75, 3.05) is 0 Å². The third-order valence-corrected chi connectivity index (χ3v) is 2.36. The lowest BCUT2D eigenvalue weighted by atomic mass is 9.96. The summed E-state index contributed by atoms with van der Waals surface area (Å²) in [6, 6.07) is 2.19. The van der Waals surface area contributed by atoms with E-state index in [2.05, 4.69) is 15.9 Å². The minimum absolute atomic E-state index is 0.485. The Balaban J connectivity index is 3.32. The average molecular weight is 250 g/mol. The number of benzene rings is 1. The summed E-state index contributed by atoms with van der Waals surface area (Å²) in [5.41, 5.74) is 5.62. The highest BCUT2D eigenvalue weighted by Crippen LogP contribution is 2.28. The largest absolute Gasteiger partial charge is 0.322 e. The van der Waals surface area contributed by atoms with E-state index in [1.807, 2.05) is 0 Å². The van der Waals surface area contributed by atoms with Gasteiger partial charge in [0, 0.05) is 10.0 Å². The molecule has 0 atom stereocenters. The van der Waals surface area contributed by atoms with E-state index in [1.165, 1.54) is 0 Å². The van der Waals surface area contributed by atoms with Crippen molar-refractivity contribution in [1.82, 2.24) is 0 Å². The normalized spacial score (nSPS) is 11.8. The van der Waals surface area contributed by atoms with Gasteiger partial charge in [0.1, 0.15) is 0 Å². The van der Waals surface area contributed by atoms with E-state index in [0.717, 1.165) is 12.1 Å². The molecule has 0 fully saturated rings. The number of nitrogens with two attached hydrogens (primary N) is 1. The molecule has 13 heavy (non-hydrogen) atoms. The van der Waals surface area contributed by atoms with Crippen LogP contribution in [0.3, 0.4) is 0 Å². The van der Waals surface area contributed by atoms with Crippen LogP contribution < -0.4 is 5.73 Å². The predicted octanol–water partition coefficient (Wildman–Crippen LogP) is 2.92. The van der Waals surface area contributed by atoms with Crippen molar-refractivity contribution < 1.29 is 8.78 Å². The van der Waals surface area contributed by atoms with Crippen LogP contribution in [0.5, 0.6) is 0 Å². The Morgan fingerprint density at radius 1 is 1.23 bits per heavy atom. The van der Waals surface area contributed by atoms with E-state index in [-0.39, 0.29) is 0 Å². The highest BCUT2D eigenvalue weighted by Gasteiger charge is 2.19. The van der Waals surface area contributed by atoms with Crippen LogP contribution in [0.2, 0.25) is 0 Å². The minimum Gasteiger partial charge on any atom is -0.322 e. The van der Waals surface area contributed by atoms with Crippen molar-refractivity contribution in [3.05, 3.63) is 33.8 Å². The van der Waals surface area contributed by atoms with E-state index < -0.39 is 17.2 Å². The Bertz CT molecular complexity index is 331. The van der Waals surface area contributed by atoms with Crippen molar-refractivity contribution >= 4 is 15.9 Å². The zero-order valence-corrected chi connectivity index (χ0v) is 8.95. The van der Waals surface area contributed by atoms with Crippen LogP contribution in [-0.2, 0) is 5.54 Å². The maximum absolute atomic E-state index is 12.8. The summed E-state index contributed by atoms with van der Waals surface area (Å²) in [7, 11) is 0. The zero-order valence-electron chi connectivity index (χ0n) is 7.37. The number of rotatable bonds is 1. The maximum atomic E-state index is 12.8. The van der Waals surface area contributed by atoms with Gasteiger partial charge < -0.3 is 5.73 Å². The molecule has 1 nitrogen and oxygen atoms in total. The molecule has 0 aromatic heterocycles. The topological polar surface area (TPSA) is 26.0 Å². The van der Waals surface area contributed by atoms with Crippen molar-refractivity contribution in [3.8, 4) is 0 Å². The smallest absolute Gasteiger partial charge is 0.159 e. The van der Waals surface area contributed by atoms with Crippen LogP contribution in [0.1, 0.15) is 19.4 Å². The molecule has 0 unspecified atom stereocenters. The fourth-order valence-electron chi connectivity index (χ4n) is 1.02. The quantitative estimate of drug-likeness (QED) is 0.762. The molecule has 0 spiro atoms. The van der Waals surface area contributed by atoms with Gasteiger partial charge in [-0.2, -0.15) is 0 Å². The molecule has 4 heteroatoms. The van der Waals surface area contributed by atoms with Crippen molar-refractivity contribution in [3.63, 3.8) is 0 Å². The fraction of sp³-hybridized carbons (Fsp3) is 0.333. The van der Waals surface area contributed by atoms with Gasteiger partial charge in [0.05, 0.1) is 0 Å². The Morgan fingerprint density at radius 2 is 1.69 bits per heavy atom. The van der Waals surface area contributed by atoms with Gasteiger partial charge in [0.15, 0.2) is 11.6 Å². The first kappa shape index (κ1) is 10.6. The highest BCUT2D eigenvalue weighted by atomic mass is 79.9. The summed E-state index contributed by atoms with van der Waals surface area (Å²) < 4.78 is 26.0. The molecule has 2 N–H and O–H groups in total. The average Bonchev–Trinajstić information content (AvgIpc) is 1.94. The first-order valence-electron chi connectivity index (χ1n) is 3.76. The molecule has 0 bridgehead atoms. The summed E-state index contributed by atoms with van der Waals surface area (Å²) in [6.45, 7) is 3.45. The summed E-state index contributed by atoms with van der Waals surface area (Å²) in [6.07, 6.45) is 0. The van der Waals surface area contributed by atoms with Gasteiger partial charge in [-0.25, -0.2) is 8.78 Å². The molecule has 1 aromatic carbocycles. The minimum atomic E-state index is -0.878. The molecule has 0 heterocycles.